The first-order valence-corrected chi connectivity index (χ1v) is 11.9. The molecule has 0 radical (unpaired) electrons. The fourth-order valence-corrected chi connectivity index (χ4v) is 7.92. The second kappa shape index (κ2) is 5.73. The minimum Gasteiger partial charge on any atom is -0.493 e. The second-order valence-electron chi connectivity index (χ2n) is 10.5. The summed E-state index contributed by atoms with van der Waals surface area (Å²) in [4.78, 5) is 22.3. The molecule has 5 aliphatic rings. The molecule has 1 saturated heterocycles. The van der Waals surface area contributed by atoms with Gasteiger partial charge in [-0.15, -0.1) is 0 Å². The van der Waals surface area contributed by atoms with Crippen molar-refractivity contribution in [3.05, 3.63) is 58.3 Å². The van der Waals surface area contributed by atoms with Gasteiger partial charge in [-0.25, -0.2) is 4.98 Å². The first kappa shape index (κ1) is 19.2. The number of fused-ring (bicyclic) bond motifs is 3. The van der Waals surface area contributed by atoms with Crippen LogP contribution in [0.2, 0.25) is 0 Å². The number of rotatable bonds is 1. The van der Waals surface area contributed by atoms with Gasteiger partial charge in [0, 0.05) is 36.0 Å². The summed E-state index contributed by atoms with van der Waals surface area (Å²) in [7, 11) is 5.60. The van der Waals surface area contributed by atoms with Gasteiger partial charge in [0.2, 0.25) is 0 Å². The van der Waals surface area contributed by atoms with Gasteiger partial charge in [0.25, 0.3) is 5.91 Å². The van der Waals surface area contributed by atoms with Crippen LogP contribution in [0.1, 0.15) is 45.3 Å². The van der Waals surface area contributed by atoms with Crippen molar-refractivity contribution in [1.29, 1.82) is 0 Å². The number of aliphatic hydroxyl groups is 1. The van der Waals surface area contributed by atoms with Crippen molar-refractivity contribution < 1.29 is 19.4 Å². The first-order chi connectivity index (χ1) is 16.4. The predicted octanol–water partition coefficient (Wildman–Crippen LogP) is 2.75. The Labute approximate surface area is 196 Å². The number of benzene rings is 2. The third kappa shape index (κ3) is 1.79. The van der Waals surface area contributed by atoms with E-state index in [1.807, 2.05) is 31.3 Å². The normalized spacial score (nSPS) is 32.0. The summed E-state index contributed by atoms with van der Waals surface area (Å²) in [6.07, 6.45) is 1.54. The molecule has 2 bridgehead atoms. The van der Waals surface area contributed by atoms with E-state index in [1.54, 1.807) is 12.0 Å². The lowest BCUT2D eigenvalue weighted by Crippen LogP contribution is -2.74. The van der Waals surface area contributed by atoms with E-state index in [9.17, 15) is 9.90 Å². The quantitative estimate of drug-likeness (QED) is 0.608. The zero-order chi connectivity index (χ0) is 23.1. The van der Waals surface area contributed by atoms with Crippen LogP contribution in [0.15, 0.2) is 30.3 Å². The molecule has 7 heteroatoms. The van der Waals surface area contributed by atoms with E-state index in [0.29, 0.717) is 17.7 Å². The molecule has 4 atom stereocenters. The molecule has 8 rings (SSSR count). The maximum Gasteiger partial charge on any atom is 0.258 e. The van der Waals surface area contributed by atoms with Crippen molar-refractivity contribution in [2.45, 2.75) is 42.4 Å². The van der Waals surface area contributed by atoms with Gasteiger partial charge in [-0.3, -0.25) is 4.79 Å². The predicted molar refractivity (Wildman–Crippen MR) is 126 cm³/mol. The lowest BCUT2D eigenvalue weighted by Gasteiger charge is -2.62. The minimum absolute atomic E-state index is 0.0244. The Morgan fingerprint density at radius 3 is 2.91 bits per heavy atom. The number of carbonyl (C=O) groups is 1. The van der Waals surface area contributed by atoms with Crippen LogP contribution in [0.25, 0.3) is 10.9 Å². The highest BCUT2D eigenvalue weighted by atomic mass is 16.5. The fourth-order valence-electron chi connectivity index (χ4n) is 7.92. The molecule has 34 heavy (non-hydrogen) atoms. The lowest BCUT2D eigenvalue weighted by atomic mass is 9.49. The molecule has 1 N–H and O–H groups in total. The van der Waals surface area contributed by atoms with Crippen molar-refractivity contribution in [3.63, 3.8) is 0 Å². The Bertz CT molecular complexity index is 1480. The number of piperidine rings is 1. The molecule has 7 nitrogen and oxygen atoms in total. The van der Waals surface area contributed by atoms with E-state index < -0.39 is 17.1 Å². The Balaban J connectivity index is 1.50. The van der Waals surface area contributed by atoms with Gasteiger partial charge in [-0.1, -0.05) is 12.1 Å². The number of likely N-dealkylation sites (N-methyl/N-ethyl adjacent to an activating group) is 1. The molecule has 4 heterocycles. The molecular weight excluding hydrogens is 430 g/mol. The monoisotopic (exact) mass is 455 g/mol. The van der Waals surface area contributed by atoms with E-state index in [2.05, 4.69) is 18.0 Å². The van der Waals surface area contributed by atoms with Gasteiger partial charge >= 0.3 is 0 Å². The number of carbonyl (C=O) groups excluding carboxylic acids is 1. The topological polar surface area (TPSA) is 75.1 Å². The van der Waals surface area contributed by atoms with Gasteiger partial charge < -0.3 is 24.4 Å². The summed E-state index contributed by atoms with van der Waals surface area (Å²) in [5.41, 5.74) is 4.83. The number of hydrogen-bond acceptors (Lipinski definition) is 6. The Morgan fingerprint density at radius 1 is 1.24 bits per heavy atom. The highest BCUT2D eigenvalue weighted by Gasteiger charge is 2.72. The maximum atomic E-state index is 13.1. The third-order valence-corrected chi connectivity index (χ3v) is 9.37. The number of hydrogen-bond donors (Lipinski definition) is 1. The van der Waals surface area contributed by atoms with E-state index in [4.69, 9.17) is 14.5 Å². The summed E-state index contributed by atoms with van der Waals surface area (Å²) in [5.74, 6) is 1.42. The van der Waals surface area contributed by atoms with E-state index >= 15 is 0 Å². The first-order valence-electron chi connectivity index (χ1n) is 11.9. The summed E-state index contributed by atoms with van der Waals surface area (Å²) < 4.78 is 12.5. The second-order valence-corrected chi connectivity index (χ2v) is 10.5. The van der Waals surface area contributed by atoms with Crippen LogP contribution in [0.3, 0.4) is 0 Å². The molecule has 1 fully saturated rings. The molecule has 1 aromatic heterocycles. The number of ether oxygens (including phenoxy) is 2. The van der Waals surface area contributed by atoms with Crippen LogP contribution in [0.4, 0.5) is 5.69 Å². The van der Waals surface area contributed by atoms with Crippen LogP contribution in [-0.2, 0) is 18.3 Å². The SMILES string of the molecule is COc1ccc2c3c1OC1c4nc5cccc6c5c(c4CC4(O)[C@H](C2)N(C)CC[C@]314)N(C)C6=O. The van der Waals surface area contributed by atoms with Gasteiger partial charge in [-0.05, 0) is 50.2 Å². The van der Waals surface area contributed by atoms with Crippen molar-refractivity contribution in [2.24, 2.45) is 0 Å². The molecular formula is C27H25N3O4. The van der Waals surface area contributed by atoms with Gasteiger partial charge in [-0.2, -0.15) is 0 Å². The number of amides is 1. The standard InChI is InChI=1S/C27H25N3O4/c1-29-10-9-26-20-13-7-8-17(33-3)23(20)34-24(26)21-15(12-27(26,32)18(29)11-13)22-19-14(25(31)30(22)2)5-4-6-16(19)28-21/h4-8,18,24,32H,9-12H2,1-3H3/t18-,24?,26-,27?/m0/s1. The van der Waals surface area contributed by atoms with E-state index in [1.165, 1.54) is 5.56 Å². The molecule has 3 aliphatic heterocycles. The largest absolute Gasteiger partial charge is 0.493 e. The van der Waals surface area contributed by atoms with Gasteiger partial charge in [0.05, 0.1) is 40.6 Å². The van der Waals surface area contributed by atoms with Crippen molar-refractivity contribution in [2.75, 3.05) is 32.6 Å². The number of pyridine rings is 1. The highest BCUT2D eigenvalue weighted by Crippen LogP contribution is 2.69. The van der Waals surface area contributed by atoms with E-state index in [-0.39, 0.29) is 11.9 Å². The van der Waals surface area contributed by atoms with Crippen molar-refractivity contribution in [1.82, 2.24) is 9.88 Å². The van der Waals surface area contributed by atoms with Crippen LogP contribution in [0, 0.1) is 0 Å². The third-order valence-electron chi connectivity index (χ3n) is 9.37. The maximum absolute atomic E-state index is 13.1. The molecule has 3 aromatic rings. The van der Waals surface area contributed by atoms with Crippen molar-refractivity contribution in [3.8, 4) is 11.5 Å². The average molecular weight is 456 g/mol. The summed E-state index contributed by atoms with van der Waals surface area (Å²) in [6.45, 7) is 0.876. The molecule has 2 aromatic carbocycles. The van der Waals surface area contributed by atoms with E-state index in [0.717, 1.165) is 58.5 Å². The summed E-state index contributed by atoms with van der Waals surface area (Å²) >= 11 is 0. The van der Waals surface area contributed by atoms with Crippen LogP contribution < -0.4 is 14.4 Å². The zero-order valence-electron chi connectivity index (χ0n) is 19.4. The lowest BCUT2D eigenvalue weighted by molar-refractivity contribution is -0.167. The Kier molecular flexibility index (Phi) is 3.23. The Hall–Kier alpha value is -3.16. The number of methoxy groups -OCH3 is 1. The van der Waals surface area contributed by atoms with Crippen LogP contribution in [-0.4, -0.2) is 60.3 Å². The molecule has 1 spiro atoms. The fraction of sp³-hybridized carbons (Fsp3) is 0.407. The highest BCUT2D eigenvalue weighted by molar-refractivity contribution is 6.25. The van der Waals surface area contributed by atoms with Crippen LogP contribution >= 0.6 is 0 Å². The molecule has 1 amide bonds. The van der Waals surface area contributed by atoms with Crippen LogP contribution in [0.5, 0.6) is 11.5 Å². The molecule has 0 saturated carbocycles. The minimum atomic E-state index is -1.05. The smallest absolute Gasteiger partial charge is 0.258 e. The molecule has 172 valence electrons. The summed E-state index contributed by atoms with van der Waals surface area (Å²) in [5, 5.41) is 13.6. The number of nitrogens with zero attached hydrogens (tertiary/aromatic N) is 3. The number of anilines is 1. The average Bonchev–Trinajstić information content (AvgIpc) is 3.31. The van der Waals surface area contributed by atoms with Crippen molar-refractivity contribution >= 4 is 22.5 Å². The number of likely N-dealkylation sites (tertiary alicyclic amines) is 1. The number of aromatic nitrogens is 1. The van der Waals surface area contributed by atoms with Gasteiger partial charge in [0.15, 0.2) is 17.6 Å². The molecule has 2 unspecified atom stereocenters. The Morgan fingerprint density at radius 2 is 2.09 bits per heavy atom. The summed E-state index contributed by atoms with van der Waals surface area (Å²) in [6, 6.07) is 9.81. The zero-order valence-corrected chi connectivity index (χ0v) is 19.4. The molecule has 2 aliphatic carbocycles. The van der Waals surface area contributed by atoms with Gasteiger partial charge in [0.1, 0.15) is 0 Å².